The predicted molar refractivity (Wildman–Crippen MR) is 84.1 cm³/mol. The Morgan fingerprint density at radius 1 is 1.25 bits per heavy atom. The number of nitrogens with zero attached hydrogens (tertiary/aromatic N) is 3. The van der Waals surface area contributed by atoms with E-state index in [1.807, 2.05) is 6.20 Å². The Balaban J connectivity index is 1.57. The van der Waals surface area contributed by atoms with Crippen molar-refractivity contribution in [2.45, 2.75) is 12.8 Å². The summed E-state index contributed by atoms with van der Waals surface area (Å²) in [6.45, 7) is 7.44. The lowest BCUT2D eigenvalue weighted by atomic mass is 9.97. The molecule has 0 spiro atoms. The summed E-state index contributed by atoms with van der Waals surface area (Å²) >= 11 is 3.45. The molecular formula is C15H22BrN3O. The van der Waals surface area contributed by atoms with Crippen LogP contribution in [-0.2, 0) is 4.74 Å². The van der Waals surface area contributed by atoms with Crippen LogP contribution in [0.15, 0.2) is 22.8 Å². The summed E-state index contributed by atoms with van der Waals surface area (Å²) in [5, 5.41) is 0. The maximum Gasteiger partial charge on any atom is 0.128 e. The first-order valence-electron chi connectivity index (χ1n) is 7.48. The fraction of sp³-hybridized carbons (Fsp3) is 0.667. The second-order valence-electron chi connectivity index (χ2n) is 5.70. The van der Waals surface area contributed by atoms with Crippen LogP contribution in [0.25, 0.3) is 0 Å². The molecule has 0 saturated carbocycles. The summed E-state index contributed by atoms with van der Waals surface area (Å²) in [7, 11) is 0. The van der Waals surface area contributed by atoms with E-state index in [2.05, 4.69) is 42.8 Å². The molecule has 3 heterocycles. The lowest BCUT2D eigenvalue weighted by molar-refractivity contribution is 0.0296. The third-order valence-electron chi connectivity index (χ3n) is 4.17. The van der Waals surface area contributed by atoms with Crippen molar-refractivity contribution < 1.29 is 4.74 Å². The minimum atomic E-state index is 0.757. The van der Waals surface area contributed by atoms with Crippen molar-refractivity contribution in [2.75, 3.05) is 50.8 Å². The van der Waals surface area contributed by atoms with E-state index < -0.39 is 0 Å². The quantitative estimate of drug-likeness (QED) is 0.845. The molecule has 110 valence electrons. The van der Waals surface area contributed by atoms with E-state index in [0.29, 0.717) is 0 Å². The van der Waals surface area contributed by atoms with Gasteiger partial charge in [-0.25, -0.2) is 4.98 Å². The van der Waals surface area contributed by atoms with Crippen molar-refractivity contribution in [2.24, 2.45) is 5.92 Å². The number of pyridine rings is 1. The van der Waals surface area contributed by atoms with Gasteiger partial charge in [-0.15, -0.1) is 0 Å². The number of aromatic nitrogens is 1. The molecule has 2 aliphatic heterocycles. The van der Waals surface area contributed by atoms with Gasteiger partial charge in [-0.05, 0) is 46.8 Å². The molecule has 0 amide bonds. The Labute approximate surface area is 129 Å². The van der Waals surface area contributed by atoms with Crippen molar-refractivity contribution in [3.05, 3.63) is 22.8 Å². The zero-order valence-corrected chi connectivity index (χ0v) is 13.4. The zero-order valence-electron chi connectivity index (χ0n) is 11.8. The molecule has 5 heteroatoms. The SMILES string of the molecule is Brc1ccc(N2CCC[C@@H](CN3CCOCC3)C2)nc1. The highest BCUT2D eigenvalue weighted by atomic mass is 79.9. The second-order valence-corrected chi connectivity index (χ2v) is 6.62. The number of morpholine rings is 1. The minimum Gasteiger partial charge on any atom is -0.379 e. The molecule has 3 rings (SSSR count). The normalized spacial score (nSPS) is 24.9. The van der Waals surface area contributed by atoms with Gasteiger partial charge in [-0.1, -0.05) is 0 Å². The Morgan fingerprint density at radius 2 is 2.10 bits per heavy atom. The number of ether oxygens (including phenoxy) is 1. The molecule has 0 bridgehead atoms. The molecule has 0 radical (unpaired) electrons. The molecular weight excluding hydrogens is 318 g/mol. The largest absolute Gasteiger partial charge is 0.379 e. The van der Waals surface area contributed by atoms with E-state index in [1.165, 1.54) is 19.4 Å². The first-order chi connectivity index (χ1) is 9.81. The molecule has 0 aromatic carbocycles. The summed E-state index contributed by atoms with van der Waals surface area (Å²) < 4.78 is 6.47. The summed E-state index contributed by atoms with van der Waals surface area (Å²) in [6.07, 6.45) is 4.50. The molecule has 1 atom stereocenters. The lowest BCUT2D eigenvalue weighted by Crippen LogP contribution is -2.44. The van der Waals surface area contributed by atoms with E-state index >= 15 is 0 Å². The number of anilines is 1. The van der Waals surface area contributed by atoms with Crippen LogP contribution in [0.2, 0.25) is 0 Å². The molecule has 2 saturated heterocycles. The highest BCUT2D eigenvalue weighted by Crippen LogP contribution is 2.23. The van der Waals surface area contributed by atoms with E-state index in [0.717, 1.165) is 55.6 Å². The van der Waals surface area contributed by atoms with Gasteiger partial charge in [0.15, 0.2) is 0 Å². The maximum atomic E-state index is 5.42. The van der Waals surface area contributed by atoms with E-state index in [9.17, 15) is 0 Å². The van der Waals surface area contributed by atoms with Crippen LogP contribution in [0.5, 0.6) is 0 Å². The summed E-state index contributed by atoms with van der Waals surface area (Å²) in [6, 6.07) is 4.19. The summed E-state index contributed by atoms with van der Waals surface area (Å²) in [4.78, 5) is 9.51. The topological polar surface area (TPSA) is 28.6 Å². The van der Waals surface area contributed by atoms with Crippen molar-refractivity contribution in [1.82, 2.24) is 9.88 Å². The molecule has 2 aliphatic rings. The van der Waals surface area contributed by atoms with Gasteiger partial charge in [0, 0.05) is 43.4 Å². The van der Waals surface area contributed by atoms with Crippen LogP contribution >= 0.6 is 15.9 Å². The molecule has 20 heavy (non-hydrogen) atoms. The fourth-order valence-electron chi connectivity index (χ4n) is 3.13. The molecule has 0 N–H and O–H groups in total. The molecule has 0 aliphatic carbocycles. The van der Waals surface area contributed by atoms with Gasteiger partial charge in [0.1, 0.15) is 5.82 Å². The smallest absolute Gasteiger partial charge is 0.128 e. The third-order valence-corrected chi connectivity index (χ3v) is 4.64. The number of rotatable bonds is 3. The van der Waals surface area contributed by atoms with Crippen LogP contribution in [0.1, 0.15) is 12.8 Å². The van der Waals surface area contributed by atoms with Crippen molar-refractivity contribution in [3.63, 3.8) is 0 Å². The Bertz CT molecular complexity index is 420. The highest BCUT2D eigenvalue weighted by molar-refractivity contribution is 9.10. The molecule has 4 nitrogen and oxygen atoms in total. The molecule has 0 unspecified atom stereocenters. The number of halogens is 1. The summed E-state index contributed by atoms with van der Waals surface area (Å²) in [5.41, 5.74) is 0. The fourth-order valence-corrected chi connectivity index (χ4v) is 3.36. The Morgan fingerprint density at radius 3 is 2.85 bits per heavy atom. The van der Waals surface area contributed by atoms with Gasteiger partial charge in [-0.2, -0.15) is 0 Å². The highest BCUT2D eigenvalue weighted by Gasteiger charge is 2.23. The first-order valence-corrected chi connectivity index (χ1v) is 8.27. The van der Waals surface area contributed by atoms with E-state index in [-0.39, 0.29) is 0 Å². The van der Waals surface area contributed by atoms with Gasteiger partial charge in [0.25, 0.3) is 0 Å². The van der Waals surface area contributed by atoms with Crippen molar-refractivity contribution in [3.8, 4) is 0 Å². The first kappa shape index (κ1) is 14.3. The number of hydrogen-bond acceptors (Lipinski definition) is 4. The number of piperidine rings is 1. The van der Waals surface area contributed by atoms with E-state index in [1.54, 1.807) is 0 Å². The standard InChI is InChI=1S/C15H22BrN3O/c16-14-3-4-15(17-10-14)19-5-1-2-13(12-19)11-18-6-8-20-9-7-18/h3-4,10,13H,1-2,5-9,11-12H2/t13-/m0/s1. The summed E-state index contributed by atoms with van der Waals surface area (Å²) in [5.74, 6) is 1.87. The average Bonchev–Trinajstić information content (AvgIpc) is 2.49. The monoisotopic (exact) mass is 339 g/mol. The average molecular weight is 340 g/mol. The maximum absolute atomic E-state index is 5.42. The lowest BCUT2D eigenvalue weighted by Gasteiger charge is -2.37. The van der Waals surface area contributed by atoms with Gasteiger partial charge >= 0.3 is 0 Å². The van der Waals surface area contributed by atoms with Crippen LogP contribution in [0.4, 0.5) is 5.82 Å². The number of hydrogen-bond donors (Lipinski definition) is 0. The second kappa shape index (κ2) is 6.87. The van der Waals surface area contributed by atoms with Crippen LogP contribution in [0.3, 0.4) is 0 Å². The molecule has 2 fully saturated rings. The van der Waals surface area contributed by atoms with Gasteiger partial charge in [0.05, 0.1) is 13.2 Å². The van der Waals surface area contributed by atoms with Crippen LogP contribution in [-0.4, -0.2) is 55.8 Å². The Kier molecular flexibility index (Phi) is 4.91. The molecule has 1 aromatic rings. The zero-order chi connectivity index (χ0) is 13.8. The van der Waals surface area contributed by atoms with E-state index in [4.69, 9.17) is 4.74 Å². The Hall–Kier alpha value is -0.650. The van der Waals surface area contributed by atoms with Crippen molar-refractivity contribution in [1.29, 1.82) is 0 Å². The third kappa shape index (κ3) is 3.71. The van der Waals surface area contributed by atoms with Gasteiger partial charge < -0.3 is 9.64 Å². The minimum absolute atomic E-state index is 0.757. The predicted octanol–water partition coefficient (Wildman–Crippen LogP) is 2.39. The van der Waals surface area contributed by atoms with Crippen LogP contribution in [0, 0.1) is 5.92 Å². The molecule has 1 aromatic heterocycles. The van der Waals surface area contributed by atoms with Crippen molar-refractivity contribution >= 4 is 21.7 Å². The van der Waals surface area contributed by atoms with Gasteiger partial charge in [-0.3, -0.25) is 4.90 Å². The van der Waals surface area contributed by atoms with Crippen LogP contribution < -0.4 is 4.90 Å². The van der Waals surface area contributed by atoms with Gasteiger partial charge in [0.2, 0.25) is 0 Å².